The molecule has 3 rings (SSSR count). The average Bonchev–Trinajstić information content (AvgIpc) is 2.67. The predicted molar refractivity (Wildman–Crippen MR) is 99.8 cm³/mol. The van der Waals surface area contributed by atoms with Gasteiger partial charge in [-0.25, -0.2) is 0 Å². The highest BCUT2D eigenvalue weighted by molar-refractivity contribution is 5.77. The van der Waals surface area contributed by atoms with Crippen molar-refractivity contribution in [2.45, 2.75) is 25.8 Å². The van der Waals surface area contributed by atoms with Gasteiger partial charge in [-0.05, 0) is 25.0 Å². The number of benzene rings is 2. The van der Waals surface area contributed by atoms with Crippen molar-refractivity contribution in [2.24, 2.45) is 0 Å². The van der Waals surface area contributed by atoms with Gasteiger partial charge >= 0.3 is 0 Å². The molecule has 4 heteroatoms. The molecular weight excluding hydrogens is 312 g/mol. The second kappa shape index (κ2) is 8.17. The van der Waals surface area contributed by atoms with Gasteiger partial charge in [-0.2, -0.15) is 0 Å². The Morgan fingerprint density at radius 2 is 1.96 bits per heavy atom. The lowest BCUT2D eigenvalue weighted by Crippen LogP contribution is -2.48. The Morgan fingerprint density at radius 3 is 2.72 bits per heavy atom. The van der Waals surface area contributed by atoms with E-state index in [-0.39, 0.29) is 11.9 Å². The van der Waals surface area contributed by atoms with Crippen molar-refractivity contribution in [1.29, 1.82) is 0 Å². The SMILES string of the molecule is COc1ccccc1C1CNCCN1C(=O)CCc1ccc(C)cc1. The number of carbonyl (C=O) groups is 1. The lowest BCUT2D eigenvalue weighted by atomic mass is 10.0. The Hall–Kier alpha value is -2.33. The Kier molecular flexibility index (Phi) is 5.71. The number of para-hydroxylation sites is 1. The van der Waals surface area contributed by atoms with Gasteiger partial charge in [0.05, 0.1) is 13.2 Å². The molecule has 1 aliphatic heterocycles. The van der Waals surface area contributed by atoms with E-state index in [1.807, 2.05) is 23.1 Å². The summed E-state index contributed by atoms with van der Waals surface area (Å²) in [5, 5.41) is 3.40. The van der Waals surface area contributed by atoms with Gasteiger partial charge in [0.2, 0.25) is 5.91 Å². The van der Waals surface area contributed by atoms with Crippen molar-refractivity contribution in [3.05, 3.63) is 65.2 Å². The van der Waals surface area contributed by atoms with E-state index in [1.165, 1.54) is 11.1 Å². The maximum absolute atomic E-state index is 12.9. The van der Waals surface area contributed by atoms with E-state index >= 15 is 0 Å². The second-order valence-electron chi connectivity index (χ2n) is 6.53. The number of rotatable bonds is 5. The molecule has 1 N–H and O–H groups in total. The highest BCUT2D eigenvalue weighted by Gasteiger charge is 2.29. The summed E-state index contributed by atoms with van der Waals surface area (Å²) < 4.78 is 5.50. The Labute approximate surface area is 149 Å². The van der Waals surface area contributed by atoms with E-state index in [0.29, 0.717) is 6.42 Å². The van der Waals surface area contributed by atoms with Gasteiger partial charge in [0.1, 0.15) is 5.75 Å². The molecule has 2 aromatic carbocycles. The topological polar surface area (TPSA) is 41.6 Å². The van der Waals surface area contributed by atoms with E-state index in [1.54, 1.807) is 7.11 Å². The molecule has 0 aromatic heterocycles. The summed E-state index contributed by atoms with van der Waals surface area (Å²) in [4.78, 5) is 14.9. The third-order valence-electron chi connectivity index (χ3n) is 4.81. The van der Waals surface area contributed by atoms with Crippen molar-refractivity contribution in [3.63, 3.8) is 0 Å². The molecule has 0 radical (unpaired) electrons. The minimum atomic E-state index is 0.0235. The molecule has 0 saturated carbocycles. The molecule has 25 heavy (non-hydrogen) atoms. The van der Waals surface area contributed by atoms with Crippen LogP contribution in [-0.4, -0.2) is 37.6 Å². The van der Waals surface area contributed by atoms with Gasteiger partial charge in [0.25, 0.3) is 0 Å². The number of hydrogen-bond acceptors (Lipinski definition) is 3. The maximum Gasteiger partial charge on any atom is 0.223 e. The van der Waals surface area contributed by atoms with Crippen LogP contribution in [0.4, 0.5) is 0 Å². The number of amides is 1. The summed E-state index contributed by atoms with van der Waals surface area (Å²) in [6, 6.07) is 16.4. The Balaban J connectivity index is 1.71. The van der Waals surface area contributed by atoms with Crippen LogP contribution in [0.1, 0.15) is 29.2 Å². The molecule has 4 nitrogen and oxygen atoms in total. The third kappa shape index (κ3) is 4.20. The molecule has 0 bridgehead atoms. The normalized spacial score (nSPS) is 17.4. The van der Waals surface area contributed by atoms with Crippen molar-refractivity contribution in [3.8, 4) is 5.75 Å². The van der Waals surface area contributed by atoms with Crippen molar-refractivity contribution < 1.29 is 9.53 Å². The maximum atomic E-state index is 12.9. The van der Waals surface area contributed by atoms with E-state index in [2.05, 4.69) is 42.6 Å². The number of carbonyl (C=O) groups excluding carboxylic acids is 1. The lowest BCUT2D eigenvalue weighted by molar-refractivity contribution is -0.134. The van der Waals surface area contributed by atoms with Crippen molar-refractivity contribution >= 4 is 5.91 Å². The summed E-state index contributed by atoms with van der Waals surface area (Å²) in [6.07, 6.45) is 1.32. The molecule has 0 aliphatic carbocycles. The fraction of sp³-hybridized carbons (Fsp3) is 0.381. The fourth-order valence-corrected chi connectivity index (χ4v) is 3.37. The molecule has 1 aliphatic rings. The number of ether oxygens (including phenoxy) is 1. The van der Waals surface area contributed by atoms with E-state index in [9.17, 15) is 4.79 Å². The molecule has 1 unspecified atom stereocenters. The highest BCUT2D eigenvalue weighted by Crippen LogP contribution is 2.30. The summed E-state index contributed by atoms with van der Waals surface area (Å²) in [6.45, 7) is 4.40. The third-order valence-corrected chi connectivity index (χ3v) is 4.81. The Bertz CT molecular complexity index is 712. The largest absolute Gasteiger partial charge is 0.496 e. The molecule has 1 saturated heterocycles. The van der Waals surface area contributed by atoms with Crippen LogP contribution >= 0.6 is 0 Å². The first-order valence-electron chi connectivity index (χ1n) is 8.87. The molecular formula is C21H26N2O2. The van der Waals surface area contributed by atoms with Crippen LogP contribution in [-0.2, 0) is 11.2 Å². The smallest absolute Gasteiger partial charge is 0.223 e. The molecule has 1 atom stereocenters. The zero-order chi connectivity index (χ0) is 17.6. The van der Waals surface area contributed by atoms with Gasteiger partial charge in [-0.1, -0.05) is 48.0 Å². The first kappa shape index (κ1) is 17.5. The number of nitrogens with one attached hydrogen (secondary N) is 1. The van der Waals surface area contributed by atoms with Crippen molar-refractivity contribution in [1.82, 2.24) is 10.2 Å². The van der Waals surface area contributed by atoms with Crippen LogP contribution in [0, 0.1) is 6.92 Å². The van der Waals surface area contributed by atoms with Crippen LogP contribution in [0.25, 0.3) is 0 Å². The molecule has 2 aromatic rings. The summed E-state index contributed by atoms with van der Waals surface area (Å²) >= 11 is 0. The van der Waals surface area contributed by atoms with Crippen LogP contribution in [0.3, 0.4) is 0 Å². The molecule has 0 spiro atoms. The molecule has 1 amide bonds. The van der Waals surface area contributed by atoms with Gasteiger partial charge in [-0.15, -0.1) is 0 Å². The monoisotopic (exact) mass is 338 g/mol. The molecule has 1 fully saturated rings. The number of nitrogens with zero attached hydrogens (tertiary/aromatic N) is 1. The van der Waals surface area contributed by atoms with Gasteiger partial charge in [0, 0.05) is 31.6 Å². The number of piperazine rings is 1. The fourth-order valence-electron chi connectivity index (χ4n) is 3.37. The Morgan fingerprint density at radius 1 is 1.20 bits per heavy atom. The molecule has 132 valence electrons. The number of hydrogen-bond donors (Lipinski definition) is 1. The zero-order valence-corrected chi connectivity index (χ0v) is 15.0. The quantitative estimate of drug-likeness (QED) is 0.911. The minimum absolute atomic E-state index is 0.0235. The first-order valence-corrected chi connectivity index (χ1v) is 8.87. The zero-order valence-electron chi connectivity index (χ0n) is 15.0. The summed E-state index contributed by atoms with van der Waals surface area (Å²) in [5.41, 5.74) is 3.53. The van der Waals surface area contributed by atoms with Gasteiger partial charge < -0.3 is 15.0 Å². The minimum Gasteiger partial charge on any atom is -0.496 e. The predicted octanol–water partition coefficient (Wildman–Crippen LogP) is 3.11. The summed E-state index contributed by atoms with van der Waals surface area (Å²) in [7, 11) is 1.68. The van der Waals surface area contributed by atoms with E-state index in [0.717, 1.165) is 37.4 Å². The highest BCUT2D eigenvalue weighted by atomic mass is 16.5. The molecule has 1 heterocycles. The lowest BCUT2D eigenvalue weighted by Gasteiger charge is -2.37. The average molecular weight is 338 g/mol. The van der Waals surface area contributed by atoms with E-state index < -0.39 is 0 Å². The van der Waals surface area contributed by atoms with Crippen LogP contribution in [0.2, 0.25) is 0 Å². The van der Waals surface area contributed by atoms with Crippen LogP contribution < -0.4 is 10.1 Å². The number of methoxy groups -OCH3 is 1. The van der Waals surface area contributed by atoms with E-state index in [4.69, 9.17) is 4.74 Å². The standard InChI is InChI=1S/C21H26N2O2/c1-16-7-9-17(10-8-16)11-12-21(24)23-14-13-22-15-19(23)18-5-3-4-6-20(18)25-2/h3-10,19,22H,11-15H2,1-2H3. The van der Waals surface area contributed by atoms with Crippen LogP contribution in [0.5, 0.6) is 5.75 Å². The second-order valence-corrected chi connectivity index (χ2v) is 6.53. The van der Waals surface area contributed by atoms with Gasteiger partial charge in [-0.3, -0.25) is 4.79 Å². The number of aryl methyl sites for hydroxylation is 2. The first-order chi connectivity index (χ1) is 12.2. The van der Waals surface area contributed by atoms with Gasteiger partial charge in [0.15, 0.2) is 0 Å². The summed E-state index contributed by atoms with van der Waals surface area (Å²) in [5.74, 6) is 1.05. The van der Waals surface area contributed by atoms with Crippen LogP contribution in [0.15, 0.2) is 48.5 Å². The van der Waals surface area contributed by atoms with Crippen molar-refractivity contribution in [2.75, 3.05) is 26.7 Å².